The Kier molecular flexibility index (Phi) is 6.77. The molecule has 1 aromatic rings. The number of hydrogen-bond donors (Lipinski definition) is 3. The van der Waals surface area contributed by atoms with Crippen molar-refractivity contribution >= 4 is 13.4 Å². The van der Waals surface area contributed by atoms with Crippen molar-refractivity contribution in [3.05, 3.63) is 28.8 Å². The highest BCUT2D eigenvalue weighted by Crippen LogP contribution is 2.44. The summed E-state index contributed by atoms with van der Waals surface area (Å²) in [5.41, 5.74) is 3.26. The smallest absolute Gasteiger partial charge is 0.271 e. The molecule has 29 heavy (non-hydrogen) atoms. The van der Waals surface area contributed by atoms with Gasteiger partial charge in [0, 0.05) is 5.56 Å². The molecule has 2 aliphatic heterocycles. The predicted octanol–water partition coefficient (Wildman–Crippen LogP) is 4.10. The number of fused-ring (bicyclic) bond motifs is 1. The van der Waals surface area contributed by atoms with Crippen LogP contribution in [0.25, 0.3) is 0 Å². The third-order valence-corrected chi connectivity index (χ3v) is 7.21. The van der Waals surface area contributed by atoms with Gasteiger partial charge in [-0.05, 0) is 50.0 Å². The molecule has 2 bridgehead atoms. The van der Waals surface area contributed by atoms with Gasteiger partial charge < -0.3 is 14.9 Å². The Morgan fingerprint density at radius 1 is 1.17 bits per heavy atom. The highest BCUT2D eigenvalue weighted by atomic mass is 31.2. The van der Waals surface area contributed by atoms with Crippen molar-refractivity contribution in [2.45, 2.75) is 78.5 Å². The van der Waals surface area contributed by atoms with Gasteiger partial charge in [-0.15, -0.1) is 0 Å². The summed E-state index contributed by atoms with van der Waals surface area (Å²) in [6.07, 6.45) is 2.47. The van der Waals surface area contributed by atoms with Gasteiger partial charge in [-0.3, -0.25) is 9.36 Å². The Morgan fingerprint density at radius 2 is 1.83 bits per heavy atom. The summed E-state index contributed by atoms with van der Waals surface area (Å²) in [6.45, 7) is 10.4. The molecule has 2 heterocycles. The summed E-state index contributed by atoms with van der Waals surface area (Å²) in [5, 5.41) is 5.96. The largest absolute Gasteiger partial charge is 0.489 e. The van der Waals surface area contributed by atoms with E-state index in [9.17, 15) is 14.3 Å². The zero-order valence-corrected chi connectivity index (χ0v) is 19.1. The maximum absolute atomic E-state index is 13.2. The maximum Gasteiger partial charge on any atom is 0.271 e. The third-order valence-electron chi connectivity index (χ3n) is 5.59. The van der Waals surface area contributed by atoms with Crippen LogP contribution < -0.4 is 15.1 Å². The van der Waals surface area contributed by atoms with Crippen LogP contribution in [0.4, 0.5) is 0 Å². The third kappa shape index (κ3) is 5.62. The molecular weight excluding hydrogens is 387 g/mol. The highest BCUT2D eigenvalue weighted by Gasteiger charge is 2.37. The first-order valence-corrected chi connectivity index (χ1v) is 12.6. The van der Waals surface area contributed by atoms with Crippen LogP contribution in [0.3, 0.4) is 0 Å². The van der Waals surface area contributed by atoms with Crippen molar-refractivity contribution in [2.75, 3.05) is 6.16 Å². The topological polar surface area (TPSA) is 87.7 Å². The van der Waals surface area contributed by atoms with Gasteiger partial charge in [-0.2, -0.15) is 0 Å². The van der Waals surface area contributed by atoms with Crippen molar-refractivity contribution in [2.24, 2.45) is 11.8 Å². The number of nitrogens with one attached hydrogen (secondary N) is 2. The number of carbonyl (C=O) groups excluding carboxylic acids is 1. The zero-order chi connectivity index (χ0) is 21.3. The molecule has 7 heteroatoms. The van der Waals surface area contributed by atoms with Crippen LogP contribution in [-0.4, -0.2) is 29.1 Å². The van der Waals surface area contributed by atoms with E-state index in [1.54, 1.807) is 0 Å². The Bertz CT molecular complexity index is 808. The molecule has 0 spiro atoms. The molecule has 0 aromatic heterocycles. The van der Waals surface area contributed by atoms with Crippen molar-refractivity contribution in [1.82, 2.24) is 10.4 Å². The van der Waals surface area contributed by atoms with E-state index >= 15 is 0 Å². The number of rotatable bonds is 4. The normalized spacial score (nSPS) is 29.9. The van der Waals surface area contributed by atoms with Gasteiger partial charge in [0.15, 0.2) is 0 Å². The molecule has 0 aliphatic carbocycles. The maximum atomic E-state index is 13.2. The Labute approximate surface area is 174 Å². The predicted molar refractivity (Wildman–Crippen MR) is 115 cm³/mol. The number of amides is 1. The van der Waals surface area contributed by atoms with Gasteiger partial charge in [0.25, 0.3) is 7.52 Å². The number of aryl methyl sites for hydroxylation is 2. The molecule has 4 atom stereocenters. The Morgan fingerprint density at radius 3 is 2.48 bits per heavy atom. The SMILES string of the molecule is Cc1cc2c3c(c1)[C@H](CC(C)C)NC(=O)[C@H](CC(C)C)NP(=O)(O)C[C@H](CC2)O3. The summed E-state index contributed by atoms with van der Waals surface area (Å²) in [7, 11) is -3.72. The number of carbonyl (C=O) groups is 1. The Balaban J connectivity index is 2.08. The fourth-order valence-electron chi connectivity index (χ4n) is 4.41. The van der Waals surface area contributed by atoms with Gasteiger partial charge in [0.05, 0.1) is 18.2 Å². The van der Waals surface area contributed by atoms with E-state index in [1.807, 2.05) is 13.8 Å². The molecule has 0 radical (unpaired) electrons. The minimum Gasteiger partial charge on any atom is -0.489 e. The van der Waals surface area contributed by atoms with Crippen molar-refractivity contribution in [3.63, 3.8) is 0 Å². The lowest BCUT2D eigenvalue weighted by molar-refractivity contribution is -0.124. The van der Waals surface area contributed by atoms with E-state index in [2.05, 4.69) is 43.3 Å². The van der Waals surface area contributed by atoms with Crippen molar-refractivity contribution in [1.29, 1.82) is 0 Å². The summed E-state index contributed by atoms with van der Waals surface area (Å²) < 4.78 is 19.2. The lowest BCUT2D eigenvalue weighted by atomic mass is 9.90. The van der Waals surface area contributed by atoms with Gasteiger partial charge in [-0.25, -0.2) is 5.09 Å². The second-order valence-corrected chi connectivity index (χ2v) is 11.5. The van der Waals surface area contributed by atoms with Crippen LogP contribution in [0.5, 0.6) is 5.75 Å². The molecule has 1 unspecified atom stereocenters. The Hall–Kier alpha value is -1.36. The molecule has 0 saturated heterocycles. The molecule has 1 aromatic carbocycles. The average molecular weight is 423 g/mol. The first kappa shape index (κ1) is 22.3. The molecule has 2 aliphatic rings. The van der Waals surface area contributed by atoms with E-state index < -0.39 is 13.6 Å². The van der Waals surface area contributed by atoms with Gasteiger partial charge in [-0.1, -0.05) is 45.4 Å². The van der Waals surface area contributed by atoms with Gasteiger partial charge in [0.1, 0.15) is 11.9 Å². The second-order valence-electron chi connectivity index (χ2n) is 9.51. The van der Waals surface area contributed by atoms with E-state index in [-0.39, 0.29) is 30.1 Å². The van der Waals surface area contributed by atoms with Crippen molar-refractivity contribution in [3.8, 4) is 5.75 Å². The van der Waals surface area contributed by atoms with Crippen LogP contribution in [0.1, 0.15) is 69.7 Å². The fraction of sp³-hybridized carbons (Fsp3) is 0.682. The van der Waals surface area contributed by atoms with Crippen LogP contribution in [0.15, 0.2) is 12.1 Å². The minimum absolute atomic E-state index is 0.0104. The highest BCUT2D eigenvalue weighted by molar-refractivity contribution is 7.56. The fourth-order valence-corrected chi connectivity index (χ4v) is 6.03. The lowest BCUT2D eigenvalue weighted by Gasteiger charge is -2.31. The van der Waals surface area contributed by atoms with Crippen LogP contribution in [0, 0.1) is 18.8 Å². The summed E-state index contributed by atoms with van der Waals surface area (Å²) in [4.78, 5) is 23.8. The first-order valence-electron chi connectivity index (χ1n) is 10.7. The van der Waals surface area contributed by atoms with E-state index in [0.717, 1.165) is 35.3 Å². The quantitative estimate of drug-likeness (QED) is 0.636. The van der Waals surface area contributed by atoms with E-state index in [1.165, 1.54) is 0 Å². The average Bonchev–Trinajstić information content (AvgIpc) is 2.59. The summed E-state index contributed by atoms with van der Waals surface area (Å²) in [6, 6.07) is 3.33. The monoisotopic (exact) mass is 422 g/mol. The van der Waals surface area contributed by atoms with Crippen molar-refractivity contribution < 1.29 is 19.0 Å². The van der Waals surface area contributed by atoms with E-state index in [0.29, 0.717) is 18.8 Å². The molecular formula is C22H35N2O4P. The number of benzene rings is 1. The summed E-state index contributed by atoms with van der Waals surface area (Å²) >= 11 is 0. The molecule has 1 amide bonds. The van der Waals surface area contributed by atoms with Crippen LogP contribution in [0.2, 0.25) is 0 Å². The molecule has 3 N–H and O–H groups in total. The first-order chi connectivity index (χ1) is 13.5. The number of ether oxygens (including phenoxy) is 1. The van der Waals surface area contributed by atoms with Gasteiger partial charge in [0.2, 0.25) is 5.91 Å². The molecule has 0 fully saturated rings. The van der Waals surface area contributed by atoms with Gasteiger partial charge >= 0.3 is 0 Å². The zero-order valence-electron chi connectivity index (χ0n) is 18.2. The summed E-state index contributed by atoms with van der Waals surface area (Å²) in [5.74, 6) is 1.17. The minimum atomic E-state index is -3.72. The van der Waals surface area contributed by atoms with Crippen LogP contribution >= 0.6 is 7.52 Å². The lowest BCUT2D eigenvalue weighted by Crippen LogP contribution is -2.45. The molecule has 3 rings (SSSR count). The molecule has 0 saturated carbocycles. The standard InChI is InChI=1S/C22H35N2O4P/c1-13(2)8-19-18-11-15(5)10-16-6-7-17(28-21(16)18)12-29(26,27)24-20(9-14(3)4)22(25)23-19/h10-11,13-14,17,19-20H,6-9,12H2,1-5H3,(H,23,25)(H2,24,26,27)/t17-,19-,20-/m0/s1. The van der Waals surface area contributed by atoms with Crippen LogP contribution in [-0.2, 0) is 15.8 Å². The molecule has 162 valence electrons. The number of hydrogen-bond acceptors (Lipinski definition) is 3. The van der Waals surface area contributed by atoms with E-state index in [4.69, 9.17) is 4.74 Å². The molecule has 6 nitrogen and oxygen atoms in total. The second kappa shape index (κ2) is 8.79.